The van der Waals surface area contributed by atoms with Crippen molar-refractivity contribution in [2.24, 2.45) is 0 Å². The standard InChI is InChI=1S/C18H24BrN3O2S/c1-5-22(6-2)17(23)15-11(4)20-18(25)21-16(15)12-8-9-14(24-7-3)13(19)10-12/h8-10,16H,5-7H2,1-4H3,(H2,20,21,25)/t16-/m1/s1. The number of allylic oxidation sites excluding steroid dienone is 1. The second kappa shape index (κ2) is 8.67. The van der Waals surface area contributed by atoms with Crippen LogP contribution in [0.25, 0.3) is 0 Å². The Hall–Kier alpha value is -1.60. The molecule has 1 atom stereocenters. The largest absolute Gasteiger partial charge is 0.493 e. The number of benzene rings is 1. The van der Waals surface area contributed by atoms with Gasteiger partial charge in [-0.2, -0.15) is 0 Å². The van der Waals surface area contributed by atoms with Crippen molar-refractivity contribution in [1.29, 1.82) is 0 Å². The molecule has 0 spiro atoms. The lowest BCUT2D eigenvalue weighted by Gasteiger charge is -2.33. The molecule has 136 valence electrons. The van der Waals surface area contributed by atoms with Gasteiger partial charge in [0.05, 0.1) is 22.7 Å². The Morgan fingerprint density at radius 3 is 2.56 bits per heavy atom. The number of amides is 1. The molecule has 0 saturated heterocycles. The van der Waals surface area contributed by atoms with E-state index in [1.807, 2.05) is 50.8 Å². The van der Waals surface area contributed by atoms with Crippen LogP contribution in [0.2, 0.25) is 0 Å². The molecule has 1 aromatic carbocycles. The third-order valence-electron chi connectivity index (χ3n) is 4.14. The van der Waals surface area contributed by atoms with Crippen molar-refractivity contribution in [1.82, 2.24) is 15.5 Å². The van der Waals surface area contributed by atoms with Crippen molar-refractivity contribution < 1.29 is 9.53 Å². The zero-order chi connectivity index (χ0) is 18.6. The highest BCUT2D eigenvalue weighted by molar-refractivity contribution is 9.10. The van der Waals surface area contributed by atoms with Crippen LogP contribution < -0.4 is 15.4 Å². The molecule has 1 amide bonds. The maximum Gasteiger partial charge on any atom is 0.253 e. The summed E-state index contributed by atoms with van der Waals surface area (Å²) in [6.07, 6.45) is 0. The monoisotopic (exact) mass is 425 g/mol. The first kappa shape index (κ1) is 19.7. The van der Waals surface area contributed by atoms with Crippen molar-refractivity contribution in [3.05, 3.63) is 39.5 Å². The van der Waals surface area contributed by atoms with Gasteiger partial charge in [0, 0.05) is 18.8 Å². The number of hydrogen-bond acceptors (Lipinski definition) is 3. The second-order valence-corrected chi connectivity index (χ2v) is 6.93. The van der Waals surface area contributed by atoms with Crippen LogP contribution in [0.4, 0.5) is 0 Å². The Balaban J connectivity index is 2.45. The second-order valence-electron chi connectivity index (χ2n) is 5.67. The summed E-state index contributed by atoms with van der Waals surface area (Å²) in [6, 6.07) is 5.54. The quantitative estimate of drug-likeness (QED) is 0.682. The minimum Gasteiger partial charge on any atom is -0.493 e. The zero-order valence-corrected chi connectivity index (χ0v) is 17.4. The fourth-order valence-electron chi connectivity index (χ4n) is 2.88. The average Bonchev–Trinajstić information content (AvgIpc) is 2.57. The lowest BCUT2D eigenvalue weighted by Crippen LogP contribution is -2.47. The molecule has 0 radical (unpaired) electrons. The van der Waals surface area contributed by atoms with Gasteiger partial charge in [-0.3, -0.25) is 4.79 Å². The summed E-state index contributed by atoms with van der Waals surface area (Å²) in [5, 5.41) is 6.82. The SMILES string of the molecule is CCOc1ccc([C@H]2NC(=S)NC(C)=C2C(=O)N(CC)CC)cc1Br. The van der Waals surface area contributed by atoms with Gasteiger partial charge in [-0.25, -0.2) is 0 Å². The van der Waals surface area contributed by atoms with E-state index in [-0.39, 0.29) is 11.9 Å². The van der Waals surface area contributed by atoms with E-state index in [0.29, 0.717) is 30.4 Å². The number of halogens is 1. The minimum atomic E-state index is -0.297. The topological polar surface area (TPSA) is 53.6 Å². The molecular weight excluding hydrogens is 402 g/mol. The van der Waals surface area contributed by atoms with Gasteiger partial charge < -0.3 is 20.3 Å². The Labute approximate surface area is 162 Å². The van der Waals surface area contributed by atoms with Crippen LogP contribution in [-0.2, 0) is 4.79 Å². The number of ether oxygens (including phenoxy) is 1. The van der Waals surface area contributed by atoms with Gasteiger partial charge >= 0.3 is 0 Å². The number of nitrogens with one attached hydrogen (secondary N) is 2. The number of carbonyl (C=O) groups is 1. The lowest BCUT2D eigenvalue weighted by atomic mass is 9.94. The molecule has 0 saturated carbocycles. The van der Waals surface area contributed by atoms with E-state index in [1.54, 1.807) is 0 Å². The number of hydrogen-bond donors (Lipinski definition) is 2. The van der Waals surface area contributed by atoms with Gasteiger partial charge in [0.1, 0.15) is 5.75 Å². The van der Waals surface area contributed by atoms with Gasteiger partial charge in [-0.15, -0.1) is 0 Å². The van der Waals surface area contributed by atoms with E-state index in [1.165, 1.54) is 0 Å². The maximum atomic E-state index is 13.0. The van der Waals surface area contributed by atoms with E-state index in [9.17, 15) is 4.79 Å². The van der Waals surface area contributed by atoms with Gasteiger partial charge in [-0.05, 0) is 73.5 Å². The average molecular weight is 426 g/mol. The summed E-state index contributed by atoms with van der Waals surface area (Å²) in [7, 11) is 0. The van der Waals surface area contributed by atoms with Crippen molar-refractivity contribution in [2.75, 3.05) is 19.7 Å². The van der Waals surface area contributed by atoms with Gasteiger partial charge in [0.2, 0.25) is 0 Å². The van der Waals surface area contributed by atoms with Crippen LogP contribution in [0.3, 0.4) is 0 Å². The molecule has 7 heteroatoms. The molecule has 25 heavy (non-hydrogen) atoms. The van der Waals surface area contributed by atoms with Crippen LogP contribution in [0.15, 0.2) is 33.9 Å². The first-order valence-corrected chi connectivity index (χ1v) is 9.62. The van der Waals surface area contributed by atoms with Crippen LogP contribution in [0, 0.1) is 0 Å². The lowest BCUT2D eigenvalue weighted by molar-refractivity contribution is -0.127. The fourth-order valence-corrected chi connectivity index (χ4v) is 3.66. The Kier molecular flexibility index (Phi) is 6.84. The summed E-state index contributed by atoms with van der Waals surface area (Å²) in [5.74, 6) is 0.792. The predicted octanol–water partition coefficient (Wildman–Crippen LogP) is 3.51. The van der Waals surface area contributed by atoms with Gasteiger partial charge in [0.25, 0.3) is 5.91 Å². The van der Waals surface area contributed by atoms with Crippen LogP contribution in [0.1, 0.15) is 39.3 Å². The highest BCUT2D eigenvalue weighted by Crippen LogP contribution is 2.33. The number of rotatable bonds is 6. The number of nitrogens with zero attached hydrogens (tertiary/aromatic N) is 1. The van der Waals surface area contributed by atoms with Gasteiger partial charge in [0.15, 0.2) is 5.11 Å². The summed E-state index contributed by atoms with van der Waals surface area (Å²) >= 11 is 8.85. The number of likely N-dealkylation sites (N-methyl/N-ethyl adjacent to an activating group) is 1. The fraction of sp³-hybridized carbons (Fsp3) is 0.444. The van der Waals surface area contributed by atoms with E-state index in [0.717, 1.165) is 21.5 Å². The summed E-state index contributed by atoms with van der Waals surface area (Å²) in [6.45, 7) is 9.72. The molecule has 0 bridgehead atoms. The van der Waals surface area contributed by atoms with Crippen LogP contribution in [0.5, 0.6) is 5.75 Å². The zero-order valence-electron chi connectivity index (χ0n) is 15.0. The molecule has 1 aromatic rings. The smallest absolute Gasteiger partial charge is 0.253 e. The molecule has 0 aliphatic carbocycles. The third kappa shape index (κ3) is 4.33. The number of carbonyl (C=O) groups excluding carboxylic acids is 1. The molecule has 2 N–H and O–H groups in total. The predicted molar refractivity (Wildman–Crippen MR) is 108 cm³/mol. The highest BCUT2D eigenvalue weighted by Gasteiger charge is 2.32. The Morgan fingerprint density at radius 1 is 1.32 bits per heavy atom. The van der Waals surface area contributed by atoms with Crippen molar-refractivity contribution in [2.45, 2.75) is 33.7 Å². The van der Waals surface area contributed by atoms with Crippen molar-refractivity contribution >= 4 is 39.2 Å². The van der Waals surface area contributed by atoms with Crippen LogP contribution >= 0.6 is 28.1 Å². The molecule has 1 heterocycles. The maximum absolute atomic E-state index is 13.0. The molecule has 0 fully saturated rings. The van der Waals surface area contributed by atoms with Gasteiger partial charge in [-0.1, -0.05) is 6.07 Å². The summed E-state index contributed by atoms with van der Waals surface area (Å²) in [4.78, 5) is 14.8. The molecular formula is C18H24BrN3O2S. The van der Waals surface area contributed by atoms with E-state index in [4.69, 9.17) is 17.0 Å². The first-order chi connectivity index (χ1) is 11.9. The summed E-state index contributed by atoms with van der Waals surface area (Å²) < 4.78 is 6.43. The Morgan fingerprint density at radius 2 is 2.00 bits per heavy atom. The van der Waals surface area contributed by atoms with E-state index < -0.39 is 0 Å². The first-order valence-electron chi connectivity index (χ1n) is 8.42. The molecule has 0 aromatic heterocycles. The molecule has 1 aliphatic rings. The number of thiocarbonyl (C=S) groups is 1. The normalized spacial score (nSPS) is 17.0. The Bertz CT molecular complexity index is 702. The molecule has 1 aliphatic heterocycles. The molecule has 5 nitrogen and oxygen atoms in total. The third-order valence-corrected chi connectivity index (χ3v) is 4.98. The summed E-state index contributed by atoms with van der Waals surface area (Å²) in [5.41, 5.74) is 2.43. The highest BCUT2D eigenvalue weighted by atomic mass is 79.9. The molecule has 0 unspecified atom stereocenters. The van der Waals surface area contributed by atoms with E-state index in [2.05, 4.69) is 26.6 Å². The van der Waals surface area contributed by atoms with Crippen LogP contribution in [-0.4, -0.2) is 35.6 Å². The molecule has 2 rings (SSSR count). The minimum absolute atomic E-state index is 0.0139. The van der Waals surface area contributed by atoms with E-state index >= 15 is 0 Å². The van der Waals surface area contributed by atoms with Crippen molar-refractivity contribution in [3.63, 3.8) is 0 Å². The van der Waals surface area contributed by atoms with Crippen molar-refractivity contribution in [3.8, 4) is 5.75 Å².